The maximum atomic E-state index is 13.3. The molecule has 12 heteroatoms. The van der Waals surface area contributed by atoms with E-state index in [1.807, 2.05) is 0 Å². The van der Waals surface area contributed by atoms with Crippen LogP contribution in [0.2, 0.25) is 0 Å². The van der Waals surface area contributed by atoms with Gasteiger partial charge in [0.1, 0.15) is 11.4 Å². The van der Waals surface area contributed by atoms with Crippen LogP contribution in [0.1, 0.15) is 33.7 Å². The van der Waals surface area contributed by atoms with E-state index in [9.17, 15) is 33.2 Å². The summed E-state index contributed by atoms with van der Waals surface area (Å²) in [5.41, 5.74) is -3.07. The number of hydrogen-bond donors (Lipinski definition) is 1. The van der Waals surface area contributed by atoms with Crippen molar-refractivity contribution in [1.82, 2.24) is 14.8 Å². The fraction of sp³-hybridized carbons (Fsp3) is 0.353. The van der Waals surface area contributed by atoms with Crippen molar-refractivity contribution in [2.24, 2.45) is 5.10 Å². The van der Waals surface area contributed by atoms with Crippen LogP contribution in [0, 0.1) is 24.0 Å². The summed E-state index contributed by atoms with van der Waals surface area (Å²) in [5, 5.41) is 28.7. The van der Waals surface area contributed by atoms with Gasteiger partial charge < -0.3 is 5.11 Å². The second-order valence-electron chi connectivity index (χ2n) is 6.52. The highest BCUT2D eigenvalue weighted by Gasteiger charge is 2.61. The molecule has 1 N–H and O–H groups in total. The van der Waals surface area contributed by atoms with Crippen molar-refractivity contribution in [1.29, 1.82) is 0 Å². The van der Waals surface area contributed by atoms with E-state index in [0.717, 1.165) is 6.21 Å². The van der Waals surface area contributed by atoms with E-state index >= 15 is 0 Å². The summed E-state index contributed by atoms with van der Waals surface area (Å²) in [6.45, 7) is 2.85. The topological polar surface area (TPSA) is 114 Å². The number of nitrogens with zero attached hydrogens (tertiary/aromatic N) is 5. The Bertz CT molecular complexity index is 1020. The van der Waals surface area contributed by atoms with Crippen LogP contribution in [0.5, 0.6) is 0 Å². The maximum absolute atomic E-state index is 13.3. The van der Waals surface area contributed by atoms with Gasteiger partial charge in [0.2, 0.25) is 0 Å². The van der Waals surface area contributed by atoms with Gasteiger partial charge in [-0.15, -0.1) is 0 Å². The molecule has 2 heterocycles. The highest BCUT2D eigenvalue weighted by molar-refractivity contribution is 5.97. The number of alkyl halides is 3. The lowest BCUT2D eigenvalue weighted by Crippen LogP contribution is -2.56. The average molecular weight is 411 g/mol. The minimum atomic E-state index is -5.11. The predicted octanol–water partition coefficient (Wildman–Crippen LogP) is 2.54. The standard InChI is InChI=1S/C17H16F3N5O4/c1-10-14(25(28)29)11(2)23(22-10)9-12-5-3-4-6-13(12)15(26)24-16(27,7-8-21-24)17(18,19)20/h3-6,8,27H,7,9H2,1-2H3/t16-/m1/s1. The Morgan fingerprint density at radius 2 is 2.00 bits per heavy atom. The number of nitro groups is 1. The van der Waals surface area contributed by atoms with E-state index in [2.05, 4.69) is 10.2 Å². The van der Waals surface area contributed by atoms with Crippen molar-refractivity contribution in [2.75, 3.05) is 0 Å². The van der Waals surface area contributed by atoms with Crippen molar-refractivity contribution in [2.45, 2.75) is 38.7 Å². The molecule has 2 aromatic rings. The van der Waals surface area contributed by atoms with Crippen molar-refractivity contribution in [3.63, 3.8) is 0 Å². The average Bonchev–Trinajstić information content (AvgIpc) is 3.15. The van der Waals surface area contributed by atoms with Gasteiger partial charge >= 0.3 is 11.9 Å². The summed E-state index contributed by atoms with van der Waals surface area (Å²) >= 11 is 0. The lowest BCUT2D eigenvalue weighted by atomic mass is 10.0. The van der Waals surface area contributed by atoms with E-state index in [1.165, 1.54) is 36.7 Å². The van der Waals surface area contributed by atoms with Gasteiger partial charge in [-0.1, -0.05) is 18.2 Å². The molecule has 1 atom stereocenters. The number of rotatable bonds is 4. The van der Waals surface area contributed by atoms with Crippen LogP contribution in [-0.2, 0) is 6.54 Å². The van der Waals surface area contributed by atoms with E-state index in [4.69, 9.17) is 0 Å². The van der Waals surface area contributed by atoms with Gasteiger partial charge in [-0.2, -0.15) is 28.4 Å². The summed E-state index contributed by atoms with van der Waals surface area (Å²) < 4.78 is 41.2. The first-order chi connectivity index (χ1) is 13.5. The highest BCUT2D eigenvalue weighted by atomic mass is 19.4. The molecule has 0 aliphatic carbocycles. The normalized spacial score (nSPS) is 19.0. The summed E-state index contributed by atoms with van der Waals surface area (Å²) in [6.07, 6.45) is -5.17. The zero-order valence-corrected chi connectivity index (χ0v) is 15.3. The molecule has 0 unspecified atom stereocenters. The fourth-order valence-corrected chi connectivity index (χ4v) is 3.14. The largest absolute Gasteiger partial charge is 0.438 e. The molecule has 1 aliphatic rings. The highest BCUT2D eigenvalue weighted by Crippen LogP contribution is 2.39. The van der Waals surface area contributed by atoms with E-state index in [-0.39, 0.29) is 39.8 Å². The minimum absolute atomic E-state index is 0.00940. The Kier molecular flexibility index (Phi) is 4.91. The third-order valence-electron chi connectivity index (χ3n) is 4.66. The number of aryl methyl sites for hydroxylation is 1. The molecule has 0 fully saturated rings. The minimum Gasteiger partial charge on any atom is -0.362 e. The van der Waals surface area contributed by atoms with Gasteiger partial charge in [0, 0.05) is 18.2 Å². The summed E-state index contributed by atoms with van der Waals surface area (Å²) in [5.74, 6) is -1.15. The van der Waals surface area contributed by atoms with Gasteiger partial charge in [0.05, 0.1) is 11.5 Å². The number of hydrazone groups is 1. The Hall–Kier alpha value is -3.28. The third-order valence-corrected chi connectivity index (χ3v) is 4.66. The number of carbonyl (C=O) groups excluding carboxylic acids is 1. The number of halogens is 3. The Morgan fingerprint density at radius 3 is 2.59 bits per heavy atom. The first kappa shape index (κ1) is 20.5. The number of hydrogen-bond acceptors (Lipinski definition) is 6. The molecule has 0 bridgehead atoms. The van der Waals surface area contributed by atoms with E-state index < -0.39 is 29.2 Å². The maximum Gasteiger partial charge on any atom is 0.438 e. The zero-order chi connectivity index (χ0) is 21.6. The molecular weight excluding hydrogens is 395 g/mol. The van der Waals surface area contributed by atoms with Crippen molar-refractivity contribution >= 4 is 17.8 Å². The van der Waals surface area contributed by atoms with Gasteiger partial charge in [-0.25, -0.2) is 0 Å². The Balaban J connectivity index is 1.99. The molecule has 3 rings (SSSR count). The zero-order valence-electron chi connectivity index (χ0n) is 15.3. The summed E-state index contributed by atoms with van der Waals surface area (Å²) in [4.78, 5) is 23.4. The third kappa shape index (κ3) is 3.35. The second kappa shape index (κ2) is 6.95. The van der Waals surface area contributed by atoms with Gasteiger partial charge in [-0.3, -0.25) is 19.6 Å². The molecule has 1 amide bonds. The summed E-state index contributed by atoms with van der Waals surface area (Å²) in [7, 11) is 0. The first-order valence-electron chi connectivity index (χ1n) is 8.39. The number of aromatic nitrogens is 2. The second-order valence-corrected chi connectivity index (χ2v) is 6.52. The summed E-state index contributed by atoms with van der Waals surface area (Å²) in [6, 6.07) is 5.80. The fourth-order valence-electron chi connectivity index (χ4n) is 3.14. The molecule has 0 saturated carbocycles. The molecule has 1 aromatic heterocycles. The van der Waals surface area contributed by atoms with Crippen molar-refractivity contribution < 1.29 is 28.0 Å². The number of carbonyl (C=O) groups is 1. The lowest BCUT2D eigenvalue weighted by molar-refractivity contribution is -0.386. The number of aliphatic hydroxyl groups is 1. The van der Waals surface area contributed by atoms with Crippen LogP contribution in [0.15, 0.2) is 29.4 Å². The number of amides is 1. The molecule has 9 nitrogen and oxygen atoms in total. The molecule has 0 spiro atoms. The smallest absolute Gasteiger partial charge is 0.362 e. The van der Waals surface area contributed by atoms with Crippen LogP contribution >= 0.6 is 0 Å². The van der Waals surface area contributed by atoms with Crippen molar-refractivity contribution in [3.05, 3.63) is 56.9 Å². The molecule has 0 saturated heterocycles. The van der Waals surface area contributed by atoms with Crippen LogP contribution < -0.4 is 0 Å². The van der Waals surface area contributed by atoms with Gasteiger partial charge in [0.15, 0.2) is 0 Å². The van der Waals surface area contributed by atoms with Crippen LogP contribution in [-0.4, -0.2) is 48.8 Å². The molecule has 0 radical (unpaired) electrons. The molecule has 1 aromatic carbocycles. The van der Waals surface area contributed by atoms with Crippen LogP contribution in [0.4, 0.5) is 18.9 Å². The quantitative estimate of drug-likeness (QED) is 0.614. The van der Waals surface area contributed by atoms with Gasteiger partial charge in [0.25, 0.3) is 11.6 Å². The lowest BCUT2D eigenvalue weighted by Gasteiger charge is -2.32. The SMILES string of the molecule is Cc1nn(Cc2ccccc2C(=O)N2N=CC[C@@]2(O)C(F)(F)F)c(C)c1[N+](=O)[O-]. The van der Waals surface area contributed by atoms with E-state index in [1.54, 1.807) is 6.07 Å². The van der Waals surface area contributed by atoms with Crippen LogP contribution in [0.3, 0.4) is 0 Å². The number of benzene rings is 1. The first-order valence-corrected chi connectivity index (χ1v) is 8.39. The van der Waals surface area contributed by atoms with Crippen molar-refractivity contribution in [3.8, 4) is 0 Å². The Labute approximate surface area is 162 Å². The molecule has 29 heavy (non-hydrogen) atoms. The van der Waals surface area contributed by atoms with E-state index in [0.29, 0.717) is 0 Å². The molecule has 154 valence electrons. The Morgan fingerprint density at radius 1 is 1.34 bits per heavy atom. The monoisotopic (exact) mass is 411 g/mol. The molecular formula is C17H16F3N5O4. The van der Waals surface area contributed by atoms with Gasteiger partial charge in [-0.05, 0) is 25.5 Å². The van der Waals surface area contributed by atoms with Crippen LogP contribution in [0.25, 0.3) is 0 Å². The molecule has 1 aliphatic heterocycles. The predicted molar refractivity (Wildman–Crippen MR) is 94.2 cm³/mol.